The maximum atomic E-state index is 5.09. The minimum atomic E-state index is 0.657. The zero-order valence-electron chi connectivity index (χ0n) is 12.0. The summed E-state index contributed by atoms with van der Waals surface area (Å²) in [5.41, 5.74) is 2.39. The topological polar surface area (TPSA) is 28.1 Å². The quantitative estimate of drug-likeness (QED) is 0.602. The van der Waals surface area contributed by atoms with Gasteiger partial charge in [-0.15, -0.1) is 0 Å². The molecule has 0 bridgehead atoms. The molecule has 1 rings (SSSR count). The van der Waals surface area contributed by atoms with Gasteiger partial charge in [0.15, 0.2) is 5.96 Å². The second-order valence-electron chi connectivity index (χ2n) is 4.65. The monoisotopic (exact) mass is 249 g/mol. The first-order valence-electron chi connectivity index (χ1n) is 6.00. The minimum Gasteiger partial charge on any atom is -0.380 e. The van der Waals surface area contributed by atoms with Crippen LogP contribution < -0.4 is 0 Å². The molecule has 0 saturated heterocycles. The number of nitrogens with zero attached hydrogens (tertiary/aromatic N) is 3. The van der Waals surface area contributed by atoms with Gasteiger partial charge in [-0.2, -0.15) is 0 Å². The Labute approximate surface area is 110 Å². The highest BCUT2D eigenvalue weighted by molar-refractivity contribution is 5.79. The first kappa shape index (κ1) is 14.5. The van der Waals surface area contributed by atoms with E-state index in [0.29, 0.717) is 13.2 Å². The van der Waals surface area contributed by atoms with Crippen LogP contribution in [-0.2, 0) is 17.9 Å². The molecular formula is C14H23N3O. The van der Waals surface area contributed by atoms with Gasteiger partial charge in [0, 0.05) is 35.3 Å². The van der Waals surface area contributed by atoms with Crippen molar-refractivity contribution in [2.45, 2.75) is 13.2 Å². The van der Waals surface area contributed by atoms with Crippen LogP contribution in [0.15, 0.2) is 29.3 Å². The summed E-state index contributed by atoms with van der Waals surface area (Å²) in [5.74, 6) is 0.968. The molecule has 0 amide bonds. The molecule has 0 fully saturated rings. The molecular weight excluding hydrogens is 226 g/mol. The fourth-order valence-electron chi connectivity index (χ4n) is 1.75. The zero-order valence-corrected chi connectivity index (χ0v) is 12.0. The lowest BCUT2D eigenvalue weighted by molar-refractivity contribution is 0.185. The van der Waals surface area contributed by atoms with Gasteiger partial charge >= 0.3 is 0 Å². The Kier molecular flexibility index (Phi) is 5.65. The Morgan fingerprint density at radius 2 is 1.50 bits per heavy atom. The lowest BCUT2D eigenvalue weighted by atomic mass is 10.1. The third kappa shape index (κ3) is 4.37. The summed E-state index contributed by atoms with van der Waals surface area (Å²) < 4.78 is 5.09. The SMILES string of the molecule is COCc1ccc(CN=C(N(C)C)N(C)C)cc1. The number of rotatable bonds is 4. The van der Waals surface area contributed by atoms with Crippen LogP contribution in [0.25, 0.3) is 0 Å². The fourth-order valence-corrected chi connectivity index (χ4v) is 1.75. The number of aliphatic imine (C=N–C) groups is 1. The number of hydrogen-bond acceptors (Lipinski definition) is 2. The van der Waals surface area contributed by atoms with Gasteiger partial charge in [0.2, 0.25) is 0 Å². The number of hydrogen-bond donors (Lipinski definition) is 0. The Hall–Kier alpha value is -1.55. The van der Waals surface area contributed by atoms with E-state index in [2.05, 4.69) is 29.3 Å². The standard InChI is InChI=1S/C14H23N3O/c1-16(2)14(17(3)4)15-10-12-6-8-13(9-7-12)11-18-5/h6-9H,10-11H2,1-5H3. The van der Waals surface area contributed by atoms with Crippen LogP contribution in [0.3, 0.4) is 0 Å². The second kappa shape index (κ2) is 7.01. The molecule has 0 aliphatic heterocycles. The van der Waals surface area contributed by atoms with E-state index < -0.39 is 0 Å². The maximum absolute atomic E-state index is 5.09. The van der Waals surface area contributed by atoms with Crippen molar-refractivity contribution in [3.05, 3.63) is 35.4 Å². The van der Waals surface area contributed by atoms with Crippen molar-refractivity contribution in [3.63, 3.8) is 0 Å². The summed E-state index contributed by atoms with van der Waals surface area (Å²) in [5, 5.41) is 0. The van der Waals surface area contributed by atoms with Crippen LogP contribution in [0.4, 0.5) is 0 Å². The molecule has 0 N–H and O–H groups in total. The summed E-state index contributed by atoms with van der Waals surface area (Å²) in [6.45, 7) is 1.35. The number of benzene rings is 1. The largest absolute Gasteiger partial charge is 0.380 e. The first-order valence-corrected chi connectivity index (χ1v) is 6.00. The predicted molar refractivity (Wildman–Crippen MR) is 75.7 cm³/mol. The van der Waals surface area contributed by atoms with Gasteiger partial charge in [-0.05, 0) is 11.1 Å². The molecule has 0 aliphatic rings. The van der Waals surface area contributed by atoms with Crippen molar-refractivity contribution in [2.24, 2.45) is 4.99 Å². The predicted octanol–water partition coefficient (Wildman–Crippen LogP) is 1.81. The molecule has 4 heteroatoms. The Balaban J connectivity index is 2.69. The van der Waals surface area contributed by atoms with Crippen molar-refractivity contribution < 1.29 is 4.74 Å². The molecule has 0 saturated carbocycles. The van der Waals surface area contributed by atoms with E-state index in [-0.39, 0.29) is 0 Å². The van der Waals surface area contributed by atoms with Crippen LogP contribution in [0.5, 0.6) is 0 Å². The zero-order chi connectivity index (χ0) is 13.5. The first-order chi connectivity index (χ1) is 8.54. The summed E-state index contributed by atoms with van der Waals surface area (Å²) in [6.07, 6.45) is 0. The number of guanidine groups is 1. The fraction of sp³-hybridized carbons (Fsp3) is 0.500. The molecule has 0 heterocycles. The average molecular weight is 249 g/mol. The highest BCUT2D eigenvalue weighted by Gasteiger charge is 2.03. The number of methoxy groups -OCH3 is 1. The van der Waals surface area contributed by atoms with Gasteiger partial charge in [0.25, 0.3) is 0 Å². The highest BCUT2D eigenvalue weighted by atomic mass is 16.5. The summed E-state index contributed by atoms with van der Waals surface area (Å²) in [6, 6.07) is 8.36. The molecule has 1 aromatic carbocycles. The maximum Gasteiger partial charge on any atom is 0.195 e. The van der Waals surface area contributed by atoms with E-state index in [9.17, 15) is 0 Å². The van der Waals surface area contributed by atoms with Crippen molar-refractivity contribution in [2.75, 3.05) is 35.3 Å². The van der Waals surface area contributed by atoms with Crippen molar-refractivity contribution in [1.29, 1.82) is 0 Å². The molecule has 4 nitrogen and oxygen atoms in total. The van der Waals surface area contributed by atoms with Crippen LogP contribution in [0.2, 0.25) is 0 Å². The van der Waals surface area contributed by atoms with Crippen LogP contribution in [-0.4, -0.2) is 51.1 Å². The van der Waals surface area contributed by atoms with Crippen LogP contribution in [0, 0.1) is 0 Å². The van der Waals surface area contributed by atoms with E-state index >= 15 is 0 Å². The van der Waals surface area contributed by atoms with E-state index in [4.69, 9.17) is 4.74 Å². The molecule has 0 radical (unpaired) electrons. The average Bonchev–Trinajstić information content (AvgIpc) is 2.31. The molecule has 0 aliphatic carbocycles. The van der Waals surface area contributed by atoms with Gasteiger partial charge < -0.3 is 14.5 Å². The van der Waals surface area contributed by atoms with Crippen LogP contribution >= 0.6 is 0 Å². The van der Waals surface area contributed by atoms with E-state index in [0.717, 1.165) is 5.96 Å². The normalized spacial score (nSPS) is 10.1. The van der Waals surface area contributed by atoms with Gasteiger partial charge in [-0.3, -0.25) is 0 Å². The number of ether oxygens (including phenoxy) is 1. The lowest BCUT2D eigenvalue weighted by Gasteiger charge is -2.22. The third-order valence-corrected chi connectivity index (χ3v) is 2.54. The van der Waals surface area contributed by atoms with Crippen molar-refractivity contribution >= 4 is 5.96 Å². The van der Waals surface area contributed by atoms with Crippen molar-refractivity contribution in [3.8, 4) is 0 Å². The summed E-state index contributed by atoms with van der Waals surface area (Å²) in [7, 11) is 9.71. The van der Waals surface area contributed by atoms with E-state index in [1.54, 1.807) is 7.11 Å². The van der Waals surface area contributed by atoms with Gasteiger partial charge in [-0.25, -0.2) is 4.99 Å². The van der Waals surface area contributed by atoms with E-state index in [1.165, 1.54) is 11.1 Å². The molecule has 0 aromatic heterocycles. The smallest absolute Gasteiger partial charge is 0.195 e. The molecule has 18 heavy (non-hydrogen) atoms. The van der Waals surface area contributed by atoms with Gasteiger partial charge in [0.1, 0.15) is 0 Å². The summed E-state index contributed by atoms with van der Waals surface area (Å²) in [4.78, 5) is 8.63. The third-order valence-electron chi connectivity index (χ3n) is 2.54. The molecule has 1 aromatic rings. The molecule has 100 valence electrons. The molecule has 0 atom stereocenters. The Morgan fingerprint density at radius 1 is 1.00 bits per heavy atom. The Morgan fingerprint density at radius 3 is 1.94 bits per heavy atom. The summed E-state index contributed by atoms with van der Waals surface area (Å²) >= 11 is 0. The van der Waals surface area contributed by atoms with Crippen LogP contribution in [0.1, 0.15) is 11.1 Å². The molecule has 0 spiro atoms. The Bertz CT molecular complexity index is 373. The second-order valence-corrected chi connectivity index (χ2v) is 4.65. The molecule has 0 unspecified atom stereocenters. The minimum absolute atomic E-state index is 0.657. The van der Waals surface area contributed by atoms with Crippen molar-refractivity contribution in [1.82, 2.24) is 9.80 Å². The van der Waals surface area contributed by atoms with Gasteiger partial charge in [0.05, 0.1) is 13.2 Å². The lowest BCUT2D eigenvalue weighted by Crippen LogP contribution is -2.35. The van der Waals surface area contributed by atoms with E-state index in [1.807, 2.05) is 38.0 Å². The van der Waals surface area contributed by atoms with Gasteiger partial charge in [-0.1, -0.05) is 24.3 Å². The highest BCUT2D eigenvalue weighted by Crippen LogP contribution is 2.07.